The average Bonchev–Trinajstić information content (AvgIpc) is 2.95. The minimum Gasteiger partial charge on any atom is -0.350 e. The third-order valence-corrected chi connectivity index (χ3v) is 2.78. The van der Waals surface area contributed by atoms with E-state index in [0.29, 0.717) is 11.7 Å². The molecule has 1 aromatic carbocycles. The Balaban J connectivity index is 0.00000120. The van der Waals surface area contributed by atoms with Crippen molar-refractivity contribution >= 4 is 10.9 Å². The normalized spacial score (nSPS) is 11.2. The number of aryl methyl sites for hydroxylation is 1. The van der Waals surface area contributed by atoms with E-state index in [1.54, 1.807) is 0 Å². The van der Waals surface area contributed by atoms with Gasteiger partial charge in [0.15, 0.2) is 0 Å². The molecule has 2 aromatic heterocycles. The highest BCUT2D eigenvalue weighted by Gasteiger charge is 2.13. The van der Waals surface area contributed by atoms with Crippen LogP contribution in [-0.4, -0.2) is 14.7 Å². The van der Waals surface area contributed by atoms with Gasteiger partial charge in [-0.3, -0.25) is 0 Å². The number of benzene rings is 1. The quantitative estimate of drug-likeness (QED) is 0.727. The van der Waals surface area contributed by atoms with Gasteiger partial charge in [0.1, 0.15) is 0 Å². The molecule has 5 heteroatoms. The van der Waals surface area contributed by atoms with Crippen LogP contribution in [0.3, 0.4) is 0 Å². The van der Waals surface area contributed by atoms with Gasteiger partial charge in [0.25, 0.3) is 0 Å². The van der Waals surface area contributed by atoms with Crippen molar-refractivity contribution in [3.63, 3.8) is 0 Å². The van der Waals surface area contributed by atoms with E-state index in [2.05, 4.69) is 16.2 Å². The molecule has 0 saturated carbocycles. The standard InChI is InChI=1S/C12H12N4O/c1-16-7-9(8-4-2-3-5-10(8)16)12-14-11(6-13)17-15-12/h2-5,7H,6,13H2,1H3/p+1. The third kappa shape index (κ3) is 1.52. The molecule has 0 atom stereocenters. The summed E-state index contributed by atoms with van der Waals surface area (Å²) < 4.78 is 7.08. The van der Waals surface area contributed by atoms with E-state index in [9.17, 15) is 0 Å². The van der Waals surface area contributed by atoms with Crippen molar-refractivity contribution in [3.05, 3.63) is 36.4 Å². The molecule has 2 heterocycles. The fourth-order valence-corrected chi connectivity index (χ4v) is 1.97. The third-order valence-electron chi connectivity index (χ3n) is 2.78. The molecule has 3 rings (SSSR count). The molecule has 0 spiro atoms. The van der Waals surface area contributed by atoms with Crippen LogP contribution in [0.5, 0.6) is 0 Å². The summed E-state index contributed by atoms with van der Waals surface area (Å²) in [6.45, 7) is 0.262. The predicted molar refractivity (Wildman–Crippen MR) is 65.2 cm³/mol. The lowest BCUT2D eigenvalue weighted by Gasteiger charge is -1.93. The Bertz CT molecular complexity index is 674. The fourth-order valence-electron chi connectivity index (χ4n) is 1.97. The fraction of sp³-hybridized carbons (Fsp3) is 0.167. The zero-order chi connectivity index (χ0) is 11.8. The molecular formula is C12H13N4O+. The summed E-state index contributed by atoms with van der Waals surface area (Å²) in [5.74, 6) is 1.04. The van der Waals surface area contributed by atoms with Gasteiger partial charge in [-0.1, -0.05) is 23.4 Å². The summed E-state index contributed by atoms with van der Waals surface area (Å²) in [4.78, 5) is 4.25. The van der Waals surface area contributed by atoms with Crippen LogP contribution in [0, 0.1) is 0 Å². The first-order chi connectivity index (χ1) is 8.29. The van der Waals surface area contributed by atoms with Crippen molar-refractivity contribution < 1.29 is 5.95 Å². The maximum Gasteiger partial charge on any atom is 1.00 e. The Morgan fingerprint density at radius 3 is 3.00 bits per heavy atom. The maximum atomic E-state index is 5.46. The highest BCUT2D eigenvalue weighted by molar-refractivity contribution is 5.94. The van der Waals surface area contributed by atoms with Crippen molar-refractivity contribution in [2.24, 2.45) is 12.8 Å². The van der Waals surface area contributed by atoms with E-state index < -0.39 is 0 Å². The van der Waals surface area contributed by atoms with Crippen molar-refractivity contribution in [2.75, 3.05) is 0 Å². The van der Waals surface area contributed by atoms with Crippen molar-refractivity contribution in [2.45, 2.75) is 6.54 Å². The number of fused-ring (bicyclic) bond motifs is 1. The lowest BCUT2D eigenvalue weighted by molar-refractivity contribution is 0.380. The van der Waals surface area contributed by atoms with Crippen LogP contribution in [0.15, 0.2) is 35.0 Å². The molecule has 17 heavy (non-hydrogen) atoms. The van der Waals surface area contributed by atoms with Gasteiger partial charge < -0.3 is 14.8 Å². The number of nitrogens with two attached hydrogens (primary N) is 1. The molecule has 0 aliphatic rings. The van der Waals surface area contributed by atoms with Gasteiger partial charge in [-0.15, -0.1) is 0 Å². The van der Waals surface area contributed by atoms with E-state index in [0.717, 1.165) is 16.5 Å². The van der Waals surface area contributed by atoms with Gasteiger partial charge in [0.05, 0.1) is 6.54 Å². The molecule has 0 unspecified atom stereocenters. The van der Waals surface area contributed by atoms with E-state index in [1.165, 1.54) is 0 Å². The van der Waals surface area contributed by atoms with Crippen LogP contribution < -0.4 is 5.73 Å². The molecule has 2 N–H and O–H groups in total. The van der Waals surface area contributed by atoms with Crippen molar-refractivity contribution in [3.8, 4) is 11.4 Å². The molecule has 0 aliphatic carbocycles. The summed E-state index contributed by atoms with van der Waals surface area (Å²) >= 11 is 0. The molecule has 3 aromatic rings. The SMILES string of the molecule is Cn1cc(-c2noc(CN)n2)c2ccccc21.[H+]. The Kier molecular flexibility index (Phi) is 2.19. The Morgan fingerprint density at radius 2 is 2.24 bits per heavy atom. The second-order valence-electron chi connectivity index (χ2n) is 3.89. The van der Waals surface area contributed by atoms with Crippen LogP contribution in [0.4, 0.5) is 0 Å². The monoisotopic (exact) mass is 229 g/mol. The summed E-state index contributed by atoms with van der Waals surface area (Å²) in [5.41, 5.74) is 7.56. The van der Waals surface area contributed by atoms with Gasteiger partial charge >= 0.3 is 1.43 Å². The summed E-state index contributed by atoms with van der Waals surface area (Å²) in [5, 5.41) is 5.05. The first-order valence-corrected chi connectivity index (χ1v) is 5.36. The van der Waals surface area contributed by atoms with Gasteiger partial charge in [0.2, 0.25) is 11.7 Å². The number of aromatic nitrogens is 3. The Labute approximate surface area is 99.3 Å². The van der Waals surface area contributed by atoms with Gasteiger partial charge in [0, 0.05) is 29.7 Å². The number of hydrogen-bond donors (Lipinski definition) is 1. The first-order valence-electron chi connectivity index (χ1n) is 5.36. The average molecular weight is 229 g/mol. The molecule has 0 bridgehead atoms. The molecule has 86 valence electrons. The lowest BCUT2D eigenvalue weighted by Crippen LogP contribution is -1.95. The number of rotatable bonds is 2. The highest BCUT2D eigenvalue weighted by Crippen LogP contribution is 2.27. The zero-order valence-corrected chi connectivity index (χ0v) is 9.42. The molecule has 0 fully saturated rings. The second kappa shape index (κ2) is 3.71. The predicted octanol–water partition coefficient (Wildman–Crippen LogP) is 1.80. The van der Waals surface area contributed by atoms with Crippen LogP contribution in [-0.2, 0) is 13.6 Å². The topological polar surface area (TPSA) is 69.9 Å². The summed E-state index contributed by atoms with van der Waals surface area (Å²) in [6, 6.07) is 8.11. The van der Waals surface area contributed by atoms with Crippen molar-refractivity contribution in [1.82, 2.24) is 14.7 Å². The molecule has 0 saturated heterocycles. The highest BCUT2D eigenvalue weighted by atomic mass is 16.5. The molecule has 0 amide bonds. The summed E-state index contributed by atoms with van der Waals surface area (Å²) in [6.07, 6.45) is 2.00. The Hall–Kier alpha value is -2.14. The minimum atomic E-state index is 0. The van der Waals surface area contributed by atoms with Crippen molar-refractivity contribution in [1.29, 1.82) is 0 Å². The van der Waals surface area contributed by atoms with Crippen LogP contribution in [0.25, 0.3) is 22.3 Å². The van der Waals surface area contributed by atoms with Crippen LogP contribution >= 0.6 is 0 Å². The van der Waals surface area contributed by atoms with Crippen LogP contribution in [0.2, 0.25) is 0 Å². The molecule has 0 radical (unpaired) electrons. The minimum absolute atomic E-state index is 0. The zero-order valence-electron chi connectivity index (χ0n) is 10.4. The molecule has 5 nitrogen and oxygen atoms in total. The van der Waals surface area contributed by atoms with E-state index in [-0.39, 0.29) is 7.97 Å². The second-order valence-corrected chi connectivity index (χ2v) is 3.89. The lowest BCUT2D eigenvalue weighted by atomic mass is 10.2. The van der Waals surface area contributed by atoms with E-state index in [4.69, 9.17) is 10.3 Å². The van der Waals surface area contributed by atoms with Gasteiger partial charge in [-0.05, 0) is 6.07 Å². The molecular weight excluding hydrogens is 216 g/mol. The summed E-state index contributed by atoms with van der Waals surface area (Å²) in [7, 11) is 2.00. The number of para-hydroxylation sites is 1. The first kappa shape index (κ1) is 10.0. The maximum absolute atomic E-state index is 5.46. The Morgan fingerprint density at radius 1 is 1.41 bits per heavy atom. The number of nitrogens with zero attached hydrogens (tertiary/aromatic N) is 3. The van der Waals surface area contributed by atoms with Crippen LogP contribution in [0.1, 0.15) is 7.32 Å². The number of hydrogen-bond acceptors (Lipinski definition) is 4. The van der Waals surface area contributed by atoms with Gasteiger partial charge in [-0.25, -0.2) is 0 Å². The molecule has 0 aliphatic heterocycles. The largest absolute Gasteiger partial charge is 1.00 e. The van der Waals surface area contributed by atoms with Gasteiger partial charge in [-0.2, -0.15) is 4.98 Å². The smallest absolute Gasteiger partial charge is 0.350 e. The van der Waals surface area contributed by atoms with E-state index >= 15 is 0 Å². The van der Waals surface area contributed by atoms with E-state index in [1.807, 2.05) is 36.0 Å².